The van der Waals surface area contributed by atoms with Crippen molar-refractivity contribution in [3.63, 3.8) is 0 Å². The molecule has 1 aromatic carbocycles. The minimum Gasteiger partial charge on any atom is -0.414 e. The van der Waals surface area contributed by atoms with Crippen molar-refractivity contribution in [2.24, 2.45) is 5.92 Å². The summed E-state index contributed by atoms with van der Waals surface area (Å²) in [5, 5.41) is 10.5. The van der Waals surface area contributed by atoms with Crippen molar-refractivity contribution < 1.29 is 14.3 Å². The van der Waals surface area contributed by atoms with Crippen LogP contribution < -0.4 is 0 Å². The number of hydrogen-bond donors (Lipinski definition) is 1. The van der Waals surface area contributed by atoms with Crippen molar-refractivity contribution in [1.29, 1.82) is 0 Å². The number of aliphatic hydroxyl groups excluding tert-OH is 1. The third-order valence-corrected chi connectivity index (χ3v) is 9.86. The molecule has 3 nitrogen and oxygen atoms in total. The van der Waals surface area contributed by atoms with Gasteiger partial charge >= 0.3 is 0 Å². The van der Waals surface area contributed by atoms with E-state index in [9.17, 15) is 5.11 Å². The zero-order valence-corrected chi connectivity index (χ0v) is 16.2. The summed E-state index contributed by atoms with van der Waals surface area (Å²) < 4.78 is 12.3. The number of rotatable bonds is 6. The summed E-state index contributed by atoms with van der Waals surface area (Å²) in [7, 11) is -1.76. The molecule has 0 heterocycles. The molecule has 4 heteroatoms. The van der Waals surface area contributed by atoms with E-state index < -0.39 is 8.32 Å². The lowest BCUT2D eigenvalue weighted by Gasteiger charge is -2.38. The van der Waals surface area contributed by atoms with Gasteiger partial charge in [-0.1, -0.05) is 51.1 Å². The van der Waals surface area contributed by atoms with Crippen LogP contribution >= 0.6 is 0 Å². The Balaban J connectivity index is 1.80. The van der Waals surface area contributed by atoms with Crippen LogP contribution in [0.2, 0.25) is 18.1 Å². The van der Waals surface area contributed by atoms with Crippen molar-refractivity contribution >= 4 is 8.32 Å². The van der Waals surface area contributed by atoms with Crippen LogP contribution in [0.25, 0.3) is 0 Å². The normalized spacial score (nSPS) is 25.7. The molecule has 0 bridgehead atoms. The summed E-state index contributed by atoms with van der Waals surface area (Å²) in [6.07, 6.45) is 1.52. The van der Waals surface area contributed by atoms with Crippen molar-refractivity contribution in [2.45, 2.75) is 70.6 Å². The lowest BCUT2D eigenvalue weighted by molar-refractivity contribution is 0.0367. The highest BCUT2D eigenvalue weighted by atomic mass is 28.4. The van der Waals surface area contributed by atoms with Gasteiger partial charge in [-0.3, -0.25) is 0 Å². The molecule has 1 saturated carbocycles. The van der Waals surface area contributed by atoms with Gasteiger partial charge in [0.1, 0.15) is 0 Å². The molecule has 0 unspecified atom stereocenters. The van der Waals surface area contributed by atoms with Crippen molar-refractivity contribution in [1.82, 2.24) is 0 Å². The van der Waals surface area contributed by atoms with Crippen molar-refractivity contribution in [2.75, 3.05) is 6.61 Å². The molecule has 23 heavy (non-hydrogen) atoms. The van der Waals surface area contributed by atoms with E-state index in [1.165, 1.54) is 5.56 Å². The quantitative estimate of drug-likeness (QED) is 0.784. The number of ether oxygens (including phenoxy) is 1. The van der Waals surface area contributed by atoms with Crippen LogP contribution in [0, 0.1) is 5.92 Å². The molecule has 0 saturated heterocycles. The molecule has 1 aliphatic rings. The van der Waals surface area contributed by atoms with E-state index in [0.29, 0.717) is 13.2 Å². The molecule has 0 amide bonds. The first kappa shape index (κ1) is 18.7. The molecule has 130 valence electrons. The van der Waals surface area contributed by atoms with Gasteiger partial charge in [0.2, 0.25) is 0 Å². The largest absolute Gasteiger partial charge is 0.414 e. The highest BCUT2D eigenvalue weighted by Crippen LogP contribution is 2.40. The lowest BCUT2D eigenvalue weighted by atomic mass is 10.1. The van der Waals surface area contributed by atoms with Gasteiger partial charge < -0.3 is 14.3 Å². The Morgan fingerprint density at radius 2 is 1.78 bits per heavy atom. The van der Waals surface area contributed by atoms with Gasteiger partial charge in [0.15, 0.2) is 8.32 Å². The van der Waals surface area contributed by atoms with E-state index in [4.69, 9.17) is 9.16 Å². The number of benzene rings is 1. The van der Waals surface area contributed by atoms with Crippen LogP contribution in [-0.4, -0.2) is 32.2 Å². The third-order valence-electron chi connectivity index (χ3n) is 5.33. The summed E-state index contributed by atoms with van der Waals surface area (Å²) in [6.45, 7) is 12.5. The third kappa shape index (κ3) is 5.15. The summed E-state index contributed by atoms with van der Waals surface area (Å²) in [4.78, 5) is 0. The Kier molecular flexibility index (Phi) is 6.06. The lowest BCUT2D eigenvalue weighted by Crippen LogP contribution is -2.43. The fraction of sp³-hybridized carbons (Fsp3) is 0.684. The molecule has 1 fully saturated rings. The second kappa shape index (κ2) is 7.47. The molecule has 1 aliphatic carbocycles. The maximum Gasteiger partial charge on any atom is 0.192 e. The minimum atomic E-state index is -1.76. The first-order valence-corrected chi connectivity index (χ1v) is 11.6. The highest BCUT2D eigenvalue weighted by molar-refractivity contribution is 6.74. The summed E-state index contributed by atoms with van der Waals surface area (Å²) in [5.74, 6) is 0.188. The Bertz CT molecular complexity index is 481. The summed E-state index contributed by atoms with van der Waals surface area (Å²) >= 11 is 0. The van der Waals surface area contributed by atoms with E-state index in [2.05, 4.69) is 46.0 Å². The van der Waals surface area contributed by atoms with Crippen LogP contribution in [0.5, 0.6) is 0 Å². The van der Waals surface area contributed by atoms with Crippen molar-refractivity contribution in [3.05, 3.63) is 35.9 Å². The van der Waals surface area contributed by atoms with Gasteiger partial charge in [-0.25, -0.2) is 0 Å². The number of hydrogen-bond acceptors (Lipinski definition) is 3. The average molecular weight is 337 g/mol. The van der Waals surface area contributed by atoms with Crippen LogP contribution in [0.3, 0.4) is 0 Å². The summed E-state index contributed by atoms with van der Waals surface area (Å²) in [6, 6.07) is 10.2. The van der Waals surface area contributed by atoms with E-state index >= 15 is 0 Å². The monoisotopic (exact) mass is 336 g/mol. The van der Waals surface area contributed by atoms with Crippen LogP contribution in [0.15, 0.2) is 30.3 Å². The Morgan fingerprint density at radius 3 is 2.39 bits per heavy atom. The van der Waals surface area contributed by atoms with E-state index in [-0.39, 0.29) is 23.2 Å². The van der Waals surface area contributed by atoms with Gasteiger partial charge in [0.25, 0.3) is 0 Å². The Morgan fingerprint density at radius 1 is 1.13 bits per heavy atom. The van der Waals surface area contributed by atoms with Crippen LogP contribution in [0.4, 0.5) is 0 Å². The van der Waals surface area contributed by atoms with Crippen LogP contribution in [0.1, 0.15) is 39.2 Å². The zero-order valence-electron chi connectivity index (χ0n) is 15.2. The predicted molar refractivity (Wildman–Crippen MR) is 96.9 cm³/mol. The van der Waals surface area contributed by atoms with E-state index in [0.717, 1.165) is 12.8 Å². The molecular formula is C19H32O3Si. The van der Waals surface area contributed by atoms with Gasteiger partial charge in [0, 0.05) is 12.0 Å². The maximum atomic E-state index is 10.3. The van der Waals surface area contributed by atoms with Crippen molar-refractivity contribution in [3.8, 4) is 0 Å². The number of aliphatic hydroxyl groups is 1. The fourth-order valence-corrected chi connectivity index (χ4v) is 4.20. The fourth-order valence-electron chi connectivity index (χ4n) is 2.82. The molecule has 2 rings (SSSR count). The van der Waals surface area contributed by atoms with Gasteiger partial charge in [-0.05, 0) is 36.5 Å². The smallest absolute Gasteiger partial charge is 0.192 e. The molecule has 3 atom stereocenters. The van der Waals surface area contributed by atoms with Crippen LogP contribution in [-0.2, 0) is 15.8 Å². The molecule has 1 N–H and O–H groups in total. The second-order valence-corrected chi connectivity index (χ2v) is 13.1. The first-order valence-electron chi connectivity index (χ1n) is 8.66. The van der Waals surface area contributed by atoms with E-state index in [1.807, 2.05) is 18.2 Å². The van der Waals surface area contributed by atoms with E-state index in [1.54, 1.807) is 0 Å². The summed E-state index contributed by atoms with van der Waals surface area (Å²) in [5.41, 5.74) is 1.18. The SMILES string of the molecule is CC(C)(C)[Si](C)(C)O[C@@H]1C[C@H](COCc2ccccc2)[C@@H](O)C1. The minimum absolute atomic E-state index is 0.177. The average Bonchev–Trinajstić information content (AvgIpc) is 2.78. The predicted octanol–water partition coefficient (Wildman–Crippen LogP) is 4.36. The topological polar surface area (TPSA) is 38.7 Å². The second-order valence-electron chi connectivity index (χ2n) is 8.30. The zero-order chi connectivity index (χ0) is 17.1. The Labute approximate surface area is 142 Å². The Hall–Kier alpha value is -0.683. The molecule has 1 aromatic rings. The molecular weight excluding hydrogens is 304 g/mol. The maximum absolute atomic E-state index is 10.3. The van der Waals surface area contributed by atoms with Gasteiger partial charge in [-0.2, -0.15) is 0 Å². The van der Waals surface area contributed by atoms with Gasteiger partial charge in [0.05, 0.1) is 19.3 Å². The molecule has 0 aromatic heterocycles. The molecule has 0 spiro atoms. The standard InChI is InChI=1S/C19H32O3Si/c1-19(2,3)23(4,5)22-17-11-16(18(20)12-17)14-21-13-15-9-7-6-8-10-15/h6-10,16-18,20H,11-14H2,1-5H3/t16-,17-,18+/m1/s1. The molecule has 0 radical (unpaired) electrons. The first-order chi connectivity index (χ1) is 10.7. The molecule has 0 aliphatic heterocycles. The van der Waals surface area contributed by atoms with Gasteiger partial charge in [-0.15, -0.1) is 0 Å². The highest BCUT2D eigenvalue weighted by Gasteiger charge is 2.42.